The maximum Gasteiger partial charge on any atom is 0.237 e. The third-order valence-corrected chi connectivity index (χ3v) is 4.01. The molecule has 0 spiro atoms. The summed E-state index contributed by atoms with van der Waals surface area (Å²) < 4.78 is 0. The zero-order valence-electron chi connectivity index (χ0n) is 9.43. The van der Waals surface area contributed by atoms with Crippen molar-refractivity contribution < 1.29 is 4.79 Å². The molecule has 0 aromatic carbocycles. The Morgan fingerprint density at radius 2 is 1.67 bits per heavy atom. The summed E-state index contributed by atoms with van der Waals surface area (Å²) in [6.45, 7) is 0. The zero-order valence-corrected chi connectivity index (χ0v) is 9.43. The number of hydrogen-bond donors (Lipinski definition) is 2. The molecular formula is C12H22N2O. The number of nitrogens with one attached hydrogen (secondary N) is 1. The van der Waals surface area contributed by atoms with E-state index in [4.69, 9.17) is 5.73 Å². The van der Waals surface area contributed by atoms with Crippen LogP contribution in [-0.2, 0) is 4.79 Å². The summed E-state index contributed by atoms with van der Waals surface area (Å²) in [6, 6.07) is 0.528. The minimum Gasteiger partial charge on any atom is -0.368 e. The molecule has 2 rings (SSSR count). The maximum atomic E-state index is 11.4. The van der Waals surface area contributed by atoms with Crippen LogP contribution < -0.4 is 11.1 Å². The molecule has 0 bridgehead atoms. The molecule has 0 aromatic heterocycles. The summed E-state index contributed by atoms with van der Waals surface area (Å²) >= 11 is 0. The molecule has 2 fully saturated rings. The molecule has 2 saturated carbocycles. The Hall–Kier alpha value is -0.570. The van der Waals surface area contributed by atoms with Crippen LogP contribution in [0.15, 0.2) is 0 Å². The van der Waals surface area contributed by atoms with Gasteiger partial charge in [0.05, 0.1) is 5.54 Å². The first-order valence-corrected chi connectivity index (χ1v) is 6.31. The van der Waals surface area contributed by atoms with Crippen molar-refractivity contribution in [3.63, 3.8) is 0 Å². The van der Waals surface area contributed by atoms with Gasteiger partial charge in [-0.05, 0) is 32.1 Å². The number of rotatable bonds is 3. The standard InChI is InChI=1S/C12H22N2O/c13-11(15)12(8-5-9-12)14-10-6-3-1-2-4-7-10/h10,14H,1-9H2,(H2,13,15). The second-order valence-corrected chi connectivity index (χ2v) is 5.13. The van der Waals surface area contributed by atoms with Gasteiger partial charge in [-0.2, -0.15) is 0 Å². The molecule has 0 aliphatic heterocycles. The number of amides is 1. The predicted molar refractivity (Wildman–Crippen MR) is 60.4 cm³/mol. The summed E-state index contributed by atoms with van der Waals surface area (Å²) in [7, 11) is 0. The molecule has 0 heterocycles. The molecule has 0 atom stereocenters. The predicted octanol–water partition coefficient (Wildman–Crippen LogP) is 1.71. The van der Waals surface area contributed by atoms with E-state index in [-0.39, 0.29) is 11.4 Å². The normalized spacial score (nSPS) is 26.7. The largest absolute Gasteiger partial charge is 0.368 e. The van der Waals surface area contributed by atoms with Crippen molar-refractivity contribution >= 4 is 5.91 Å². The fourth-order valence-electron chi connectivity index (χ4n) is 2.81. The Balaban J connectivity index is 1.90. The van der Waals surface area contributed by atoms with Crippen LogP contribution in [0.3, 0.4) is 0 Å². The monoisotopic (exact) mass is 210 g/mol. The van der Waals surface area contributed by atoms with Gasteiger partial charge in [0.15, 0.2) is 0 Å². The molecule has 86 valence electrons. The number of nitrogens with two attached hydrogens (primary N) is 1. The van der Waals surface area contributed by atoms with Gasteiger partial charge < -0.3 is 11.1 Å². The summed E-state index contributed by atoms with van der Waals surface area (Å²) in [4.78, 5) is 11.4. The molecule has 0 aromatic rings. The van der Waals surface area contributed by atoms with Crippen LogP contribution in [0.1, 0.15) is 57.8 Å². The van der Waals surface area contributed by atoms with Crippen molar-refractivity contribution in [2.24, 2.45) is 5.73 Å². The fourth-order valence-corrected chi connectivity index (χ4v) is 2.81. The molecule has 2 aliphatic rings. The second kappa shape index (κ2) is 4.52. The van der Waals surface area contributed by atoms with Crippen molar-refractivity contribution in [1.82, 2.24) is 5.32 Å². The van der Waals surface area contributed by atoms with Gasteiger partial charge in [0.25, 0.3) is 0 Å². The molecule has 3 N–H and O–H groups in total. The lowest BCUT2D eigenvalue weighted by molar-refractivity contribution is -0.128. The first-order chi connectivity index (χ1) is 7.23. The summed E-state index contributed by atoms with van der Waals surface area (Å²) in [5, 5.41) is 3.53. The Labute approximate surface area is 91.8 Å². The molecule has 0 saturated heterocycles. The summed E-state index contributed by atoms with van der Waals surface area (Å²) in [5.74, 6) is -0.141. The summed E-state index contributed by atoms with van der Waals surface area (Å²) in [6.07, 6.45) is 10.8. The Morgan fingerprint density at radius 3 is 2.07 bits per heavy atom. The van der Waals surface area contributed by atoms with Gasteiger partial charge in [0.1, 0.15) is 0 Å². The van der Waals surface area contributed by atoms with E-state index < -0.39 is 0 Å². The van der Waals surface area contributed by atoms with Crippen LogP contribution in [0.5, 0.6) is 0 Å². The van der Waals surface area contributed by atoms with Crippen LogP contribution >= 0.6 is 0 Å². The fraction of sp³-hybridized carbons (Fsp3) is 0.917. The Kier molecular flexibility index (Phi) is 3.29. The van der Waals surface area contributed by atoms with Crippen LogP contribution in [0.25, 0.3) is 0 Å². The van der Waals surface area contributed by atoms with Gasteiger partial charge in [-0.1, -0.05) is 25.7 Å². The number of carbonyl (C=O) groups is 1. The van der Waals surface area contributed by atoms with E-state index >= 15 is 0 Å². The van der Waals surface area contributed by atoms with Gasteiger partial charge in [-0.15, -0.1) is 0 Å². The van der Waals surface area contributed by atoms with E-state index in [2.05, 4.69) is 5.32 Å². The van der Waals surface area contributed by atoms with Crippen molar-refractivity contribution in [2.75, 3.05) is 0 Å². The van der Waals surface area contributed by atoms with Gasteiger partial charge in [-0.3, -0.25) is 4.79 Å². The van der Waals surface area contributed by atoms with Crippen LogP contribution in [-0.4, -0.2) is 17.5 Å². The number of hydrogen-bond acceptors (Lipinski definition) is 2. The minimum absolute atomic E-state index is 0.141. The van der Waals surface area contributed by atoms with Crippen molar-refractivity contribution in [3.8, 4) is 0 Å². The van der Waals surface area contributed by atoms with Crippen LogP contribution in [0.2, 0.25) is 0 Å². The molecular weight excluding hydrogens is 188 g/mol. The zero-order chi connectivity index (χ0) is 10.7. The van der Waals surface area contributed by atoms with Gasteiger partial charge >= 0.3 is 0 Å². The molecule has 3 heteroatoms. The number of carbonyl (C=O) groups excluding carboxylic acids is 1. The number of primary amides is 1. The van der Waals surface area contributed by atoms with E-state index in [1.807, 2.05) is 0 Å². The molecule has 0 radical (unpaired) electrons. The Bertz CT molecular complexity index is 228. The maximum absolute atomic E-state index is 11.4. The van der Waals surface area contributed by atoms with Gasteiger partial charge in [0.2, 0.25) is 5.91 Å². The van der Waals surface area contributed by atoms with Crippen molar-refractivity contribution in [1.29, 1.82) is 0 Å². The quantitative estimate of drug-likeness (QED) is 0.697. The lowest BCUT2D eigenvalue weighted by Crippen LogP contribution is -2.62. The smallest absolute Gasteiger partial charge is 0.237 e. The van der Waals surface area contributed by atoms with Crippen molar-refractivity contribution in [2.45, 2.75) is 69.4 Å². The van der Waals surface area contributed by atoms with Gasteiger partial charge in [0, 0.05) is 6.04 Å². The minimum atomic E-state index is -0.338. The van der Waals surface area contributed by atoms with Gasteiger partial charge in [-0.25, -0.2) is 0 Å². The molecule has 3 nitrogen and oxygen atoms in total. The van der Waals surface area contributed by atoms with E-state index in [0.29, 0.717) is 6.04 Å². The molecule has 1 amide bonds. The van der Waals surface area contributed by atoms with Crippen LogP contribution in [0, 0.1) is 0 Å². The molecule has 15 heavy (non-hydrogen) atoms. The van der Waals surface area contributed by atoms with E-state index in [9.17, 15) is 4.79 Å². The van der Waals surface area contributed by atoms with Crippen LogP contribution in [0.4, 0.5) is 0 Å². The summed E-state index contributed by atoms with van der Waals surface area (Å²) in [5.41, 5.74) is 5.15. The first kappa shape index (κ1) is 10.9. The third kappa shape index (κ3) is 2.33. The average Bonchev–Trinajstić information content (AvgIpc) is 2.38. The SMILES string of the molecule is NC(=O)C1(NC2CCCCCC2)CCC1. The van der Waals surface area contributed by atoms with E-state index in [0.717, 1.165) is 19.3 Å². The lowest BCUT2D eigenvalue weighted by atomic mass is 9.75. The Morgan fingerprint density at radius 1 is 1.07 bits per heavy atom. The highest BCUT2D eigenvalue weighted by Crippen LogP contribution is 2.33. The second-order valence-electron chi connectivity index (χ2n) is 5.13. The average molecular weight is 210 g/mol. The van der Waals surface area contributed by atoms with Crippen molar-refractivity contribution in [3.05, 3.63) is 0 Å². The van der Waals surface area contributed by atoms with E-state index in [1.54, 1.807) is 0 Å². The highest BCUT2D eigenvalue weighted by molar-refractivity contribution is 5.85. The highest BCUT2D eigenvalue weighted by Gasteiger charge is 2.43. The topological polar surface area (TPSA) is 55.1 Å². The first-order valence-electron chi connectivity index (χ1n) is 6.31. The lowest BCUT2D eigenvalue weighted by Gasteiger charge is -2.42. The molecule has 2 aliphatic carbocycles. The molecule has 0 unspecified atom stereocenters. The van der Waals surface area contributed by atoms with E-state index in [1.165, 1.54) is 38.5 Å². The highest BCUT2D eigenvalue weighted by atomic mass is 16.1. The third-order valence-electron chi connectivity index (χ3n) is 4.01.